The molecule has 1 aromatic carbocycles. The van der Waals surface area contributed by atoms with Crippen molar-refractivity contribution in [3.8, 4) is 0 Å². The third-order valence-corrected chi connectivity index (χ3v) is 3.69. The van der Waals surface area contributed by atoms with E-state index in [0.29, 0.717) is 0 Å². The van der Waals surface area contributed by atoms with Gasteiger partial charge in [0, 0.05) is 6.04 Å². The Kier molecular flexibility index (Phi) is 3.53. The Morgan fingerprint density at radius 2 is 2.06 bits per heavy atom. The lowest BCUT2D eigenvalue weighted by Gasteiger charge is -2.27. The van der Waals surface area contributed by atoms with Gasteiger partial charge in [-0.15, -0.1) is 0 Å². The van der Waals surface area contributed by atoms with Gasteiger partial charge in [-0.3, -0.25) is 0 Å². The summed E-state index contributed by atoms with van der Waals surface area (Å²) in [4.78, 5) is 0. The molecule has 0 aromatic heterocycles. The van der Waals surface area contributed by atoms with Gasteiger partial charge in [0.25, 0.3) is 0 Å². The van der Waals surface area contributed by atoms with Crippen LogP contribution in [0.5, 0.6) is 0 Å². The number of rotatable bonds is 5. The molecular weight excluding hydrogens is 213 g/mol. The third-order valence-electron chi connectivity index (χ3n) is 3.69. The van der Waals surface area contributed by atoms with Crippen LogP contribution in [-0.2, 0) is 5.41 Å². The predicted molar refractivity (Wildman–Crippen MR) is 69.8 cm³/mol. The summed E-state index contributed by atoms with van der Waals surface area (Å²) in [5.41, 5.74) is 2.35. The van der Waals surface area contributed by atoms with Crippen LogP contribution in [0.2, 0.25) is 0 Å². The molecule has 0 radical (unpaired) electrons. The second-order valence-electron chi connectivity index (χ2n) is 5.82. The van der Waals surface area contributed by atoms with Gasteiger partial charge in [0.05, 0.1) is 0 Å². The van der Waals surface area contributed by atoms with Crippen LogP contribution in [0, 0.1) is 12.7 Å². The second kappa shape index (κ2) is 4.77. The Morgan fingerprint density at radius 1 is 1.35 bits per heavy atom. The average molecular weight is 235 g/mol. The van der Waals surface area contributed by atoms with Gasteiger partial charge >= 0.3 is 0 Å². The van der Waals surface area contributed by atoms with Crippen molar-refractivity contribution in [2.75, 3.05) is 6.54 Å². The fraction of sp³-hybridized carbons (Fsp3) is 0.600. The molecule has 1 aliphatic rings. The summed E-state index contributed by atoms with van der Waals surface area (Å²) >= 11 is 0. The molecule has 1 aliphatic carbocycles. The lowest BCUT2D eigenvalue weighted by atomic mass is 9.79. The zero-order valence-corrected chi connectivity index (χ0v) is 11.0. The van der Waals surface area contributed by atoms with Crippen LogP contribution in [0.3, 0.4) is 0 Å². The SMILES string of the molecule is Cc1ccc(F)cc1C(C)(C)CCNC1CC1. The predicted octanol–water partition coefficient (Wildman–Crippen LogP) is 3.55. The molecule has 1 fully saturated rings. The van der Waals surface area contributed by atoms with Crippen LogP contribution in [0.1, 0.15) is 44.2 Å². The van der Waals surface area contributed by atoms with Crippen molar-refractivity contribution in [2.45, 2.75) is 51.5 Å². The van der Waals surface area contributed by atoms with Crippen LogP contribution in [0.25, 0.3) is 0 Å². The molecule has 0 bridgehead atoms. The topological polar surface area (TPSA) is 12.0 Å². The molecule has 0 spiro atoms. The lowest BCUT2D eigenvalue weighted by Crippen LogP contribution is -2.27. The molecule has 0 amide bonds. The number of halogens is 1. The minimum atomic E-state index is -0.131. The van der Waals surface area contributed by atoms with E-state index in [4.69, 9.17) is 0 Å². The number of hydrogen-bond donors (Lipinski definition) is 1. The van der Waals surface area contributed by atoms with Crippen LogP contribution < -0.4 is 5.32 Å². The van der Waals surface area contributed by atoms with Gasteiger partial charge in [-0.05, 0) is 61.4 Å². The summed E-state index contributed by atoms with van der Waals surface area (Å²) in [6.07, 6.45) is 3.69. The van der Waals surface area contributed by atoms with Gasteiger partial charge in [0.15, 0.2) is 0 Å². The first-order valence-electron chi connectivity index (χ1n) is 6.49. The minimum absolute atomic E-state index is 0.0358. The van der Waals surface area contributed by atoms with E-state index in [9.17, 15) is 4.39 Å². The maximum Gasteiger partial charge on any atom is 0.123 e. The van der Waals surface area contributed by atoms with Crippen molar-refractivity contribution in [3.05, 3.63) is 35.1 Å². The summed E-state index contributed by atoms with van der Waals surface area (Å²) in [6, 6.07) is 5.85. The van der Waals surface area contributed by atoms with E-state index >= 15 is 0 Å². The first-order valence-corrected chi connectivity index (χ1v) is 6.49. The summed E-state index contributed by atoms with van der Waals surface area (Å²) in [5.74, 6) is -0.131. The number of hydrogen-bond acceptors (Lipinski definition) is 1. The molecule has 0 heterocycles. The van der Waals surface area contributed by atoms with Crippen molar-refractivity contribution in [1.82, 2.24) is 5.32 Å². The van der Waals surface area contributed by atoms with E-state index in [2.05, 4.69) is 26.1 Å². The van der Waals surface area contributed by atoms with E-state index in [1.807, 2.05) is 6.07 Å². The molecular formula is C15H22FN. The molecule has 0 saturated heterocycles. The van der Waals surface area contributed by atoms with E-state index in [0.717, 1.165) is 24.6 Å². The molecule has 0 atom stereocenters. The fourth-order valence-corrected chi connectivity index (χ4v) is 2.33. The van der Waals surface area contributed by atoms with Crippen molar-refractivity contribution < 1.29 is 4.39 Å². The van der Waals surface area contributed by atoms with Gasteiger partial charge in [0.2, 0.25) is 0 Å². The van der Waals surface area contributed by atoms with Gasteiger partial charge < -0.3 is 5.32 Å². The zero-order chi connectivity index (χ0) is 12.5. The molecule has 2 heteroatoms. The van der Waals surface area contributed by atoms with Crippen molar-refractivity contribution >= 4 is 0 Å². The Bertz CT molecular complexity index is 394. The van der Waals surface area contributed by atoms with Crippen molar-refractivity contribution in [3.63, 3.8) is 0 Å². The Labute approximate surface area is 103 Å². The van der Waals surface area contributed by atoms with Gasteiger partial charge in [-0.25, -0.2) is 4.39 Å². The minimum Gasteiger partial charge on any atom is -0.314 e. The Morgan fingerprint density at radius 3 is 2.71 bits per heavy atom. The van der Waals surface area contributed by atoms with Crippen LogP contribution in [-0.4, -0.2) is 12.6 Å². The van der Waals surface area contributed by atoms with Gasteiger partial charge in [-0.1, -0.05) is 19.9 Å². The van der Waals surface area contributed by atoms with E-state index in [-0.39, 0.29) is 11.2 Å². The van der Waals surface area contributed by atoms with Gasteiger partial charge in [0.1, 0.15) is 5.82 Å². The molecule has 0 unspecified atom stereocenters. The molecule has 1 nitrogen and oxygen atoms in total. The summed E-state index contributed by atoms with van der Waals surface area (Å²) < 4.78 is 13.3. The highest BCUT2D eigenvalue weighted by atomic mass is 19.1. The molecule has 17 heavy (non-hydrogen) atoms. The number of nitrogens with one attached hydrogen (secondary N) is 1. The van der Waals surface area contributed by atoms with Crippen molar-refractivity contribution in [1.29, 1.82) is 0 Å². The molecule has 94 valence electrons. The highest BCUT2D eigenvalue weighted by molar-refractivity contribution is 5.32. The summed E-state index contributed by atoms with van der Waals surface area (Å²) in [6.45, 7) is 7.48. The van der Waals surface area contributed by atoms with E-state index < -0.39 is 0 Å². The van der Waals surface area contributed by atoms with Crippen molar-refractivity contribution in [2.24, 2.45) is 0 Å². The summed E-state index contributed by atoms with van der Waals surface area (Å²) in [5, 5.41) is 3.52. The zero-order valence-electron chi connectivity index (χ0n) is 11.0. The first kappa shape index (κ1) is 12.6. The van der Waals surface area contributed by atoms with Gasteiger partial charge in [-0.2, -0.15) is 0 Å². The quantitative estimate of drug-likeness (QED) is 0.823. The maximum atomic E-state index is 13.3. The third kappa shape index (κ3) is 3.29. The van der Waals surface area contributed by atoms with Crippen LogP contribution in [0.4, 0.5) is 4.39 Å². The Hall–Kier alpha value is -0.890. The standard InChI is InChI=1S/C15H22FN/c1-11-4-5-12(16)10-14(11)15(2,3)8-9-17-13-6-7-13/h4-5,10,13,17H,6-9H2,1-3H3. The molecule has 1 aromatic rings. The van der Waals surface area contributed by atoms with E-state index in [1.165, 1.54) is 24.5 Å². The fourth-order valence-electron chi connectivity index (χ4n) is 2.33. The lowest BCUT2D eigenvalue weighted by molar-refractivity contribution is 0.451. The monoisotopic (exact) mass is 235 g/mol. The van der Waals surface area contributed by atoms with Crippen LogP contribution >= 0.6 is 0 Å². The molecule has 1 saturated carbocycles. The highest BCUT2D eigenvalue weighted by Gasteiger charge is 2.25. The normalized spacial score (nSPS) is 16.2. The smallest absolute Gasteiger partial charge is 0.123 e. The van der Waals surface area contributed by atoms with Crippen LogP contribution in [0.15, 0.2) is 18.2 Å². The first-order chi connectivity index (χ1) is 7.99. The molecule has 1 N–H and O–H groups in total. The Balaban J connectivity index is 2.03. The average Bonchev–Trinajstić information content (AvgIpc) is 3.05. The molecule has 2 rings (SSSR count). The largest absolute Gasteiger partial charge is 0.314 e. The van der Waals surface area contributed by atoms with E-state index in [1.54, 1.807) is 6.07 Å². The summed E-state index contributed by atoms with van der Waals surface area (Å²) in [7, 11) is 0. The highest BCUT2D eigenvalue weighted by Crippen LogP contribution is 2.30. The number of benzene rings is 1. The maximum absolute atomic E-state index is 13.3. The second-order valence-corrected chi connectivity index (χ2v) is 5.82. The number of aryl methyl sites for hydroxylation is 1. The molecule has 0 aliphatic heterocycles.